The van der Waals surface area contributed by atoms with Crippen LogP contribution in [0.1, 0.15) is 17.0 Å². The average Bonchev–Trinajstić information content (AvgIpc) is 2.41. The van der Waals surface area contributed by atoms with Crippen molar-refractivity contribution < 1.29 is 9.84 Å². The molecule has 0 aliphatic heterocycles. The van der Waals surface area contributed by atoms with Crippen LogP contribution >= 0.6 is 0 Å². The Morgan fingerprint density at radius 2 is 1.95 bits per heavy atom. The molecule has 2 aromatic carbocycles. The van der Waals surface area contributed by atoms with Gasteiger partial charge in [-0.1, -0.05) is 30.3 Å². The van der Waals surface area contributed by atoms with Gasteiger partial charge in [-0.25, -0.2) is 0 Å². The zero-order chi connectivity index (χ0) is 13.7. The summed E-state index contributed by atoms with van der Waals surface area (Å²) >= 11 is 0. The number of benzene rings is 2. The van der Waals surface area contributed by atoms with E-state index in [2.05, 4.69) is 0 Å². The third-order valence-corrected chi connectivity index (χ3v) is 3.16. The minimum absolute atomic E-state index is 0.0757. The molecule has 0 fully saturated rings. The van der Waals surface area contributed by atoms with Crippen molar-refractivity contribution in [3.05, 3.63) is 59.7 Å². The van der Waals surface area contributed by atoms with Gasteiger partial charge in [-0.3, -0.25) is 0 Å². The van der Waals surface area contributed by atoms with Gasteiger partial charge in [0.15, 0.2) is 0 Å². The van der Waals surface area contributed by atoms with Gasteiger partial charge in [0.05, 0.1) is 6.61 Å². The zero-order valence-corrected chi connectivity index (χ0v) is 11.0. The molecule has 0 radical (unpaired) electrons. The van der Waals surface area contributed by atoms with Crippen LogP contribution in [0.25, 0.3) is 0 Å². The molecule has 3 N–H and O–H groups in total. The van der Waals surface area contributed by atoms with Crippen molar-refractivity contribution in [3.63, 3.8) is 0 Å². The number of ether oxygens (including phenoxy) is 1. The van der Waals surface area contributed by atoms with E-state index in [4.69, 9.17) is 10.5 Å². The van der Waals surface area contributed by atoms with Gasteiger partial charge < -0.3 is 15.6 Å². The Bertz CT molecular complexity index is 540. The molecule has 100 valence electrons. The Morgan fingerprint density at radius 3 is 2.63 bits per heavy atom. The van der Waals surface area contributed by atoms with E-state index < -0.39 is 0 Å². The molecular formula is C16H19NO2. The summed E-state index contributed by atoms with van der Waals surface area (Å²) in [6.07, 6.45) is 0. The van der Waals surface area contributed by atoms with E-state index in [0.29, 0.717) is 13.2 Å². The summed E-state index contributed by atoms with van der Waals surface area (Å²) in [5.41, 5.74) is 7.90. The standard InChI is InChI=1S/C16H19NO2/c1-12-5-2-3-8-16(12)19-11-14(10-17)13-6-4-7-15(18)9-13/h2-9,14,18H,10-11,17H2,1H3. The average molecular weight is 257 g/mol. The molecule has 0 heterocycles. The number of aromatic hydroxyl groups is 1. The van der Waals surface area contributed by atoms with E-state index in [-0.39, 0.29) is 11.7 Å². The van der Waals surface area contributed by atoms with Gasteiger partial charge in [0.1, 0.15) is 11.5 Å². The predicted octanol–water partition coefficient (Wildman–Crippen LogP) is 2.82. The van der Waals surface area contributed by atoms with E-state index in [1.165, 1.54) is 0 Å². The van der Waals surface area contributed by atoms with Crippen molar-refractivity contribution in [1.29, 1.82) is 0 Å². The van der Waals surface area contributed by atoms with Gasteiger partial charge in [-0.2, -0.15) is 0 Å². The van der Waals surface area contributed by atoms with Gasteiger partial charge in [-0.15, -0.1) is 0 Å². The Labute approximate surface area is 113 Å². The Kier molecular flexibility index (Phi) is 4.42. The van der Waals surface area contributed by atoms with E-state index >= 15 is 0 Å². The van der Waals surface area contributed by atoms with E-state index in [0.717, 1.165) is 16.9 Å². The normalized spacial score (nSPS) is 12.1. The van der Waals surface area contributed by atoms with Crippen LogP contribution < -0.4 is 10.5 Å². The first-order valence-corrected chi connectivity index (χ1v) is 6.38. The summed E-state index contributed by atoms with van der Waals surface area (Å²) < 4.78 is 5.82. The van der Waals surface area contributed by atoms with Crippen LogP contribution in [-0.4, -0.2) is 18.3 Å². The molecule has 0 aliphatic carbocycles. The third kappa shape index (κ3) is 3.48. The molecule has 19 heavy (non-hydrogen) atoms. The third-order valence-electron chi connectivity index (χ3n) is 3.16. The second-order valence-electron chi connectivity index (χ2n) is 4.60. The zero-order valence-electron chi connectivity index (χ0n) is 11.0. The van der Waals surface area contributed by atoms with Gasteiger partial charge in [0.25, 0.3) is 0 Å². The molecule has 0 aliphatic rings. The van der Waals surface area contributed by atoms with Crippen molar-refractivity contribution >= 4 is 0 Å². The highest BCUT2D eigenvalue weighted by Gasteiger charge is 2.11. The minimum Gasteiger partial charge on any atom is -0.508 e. The molecular weight excluding hydrogens is 238 g/mol. The fraction of sp³-hybridized carbons (Fsp3) is 0.250. The first-order valence-electron chi connectivity index (χ1n) is 6.38. The highest BCUT2D eigenvalue weighted by Crippen LogP contribution is 2.22. The quantitative estimate of drug-likeness (QED) is 0.866. The number of aryl methyl sites for hydroxylation is 1. The van der Waals surface area contributed by atoms with Crippen LogP contribution in [0, 0.1) is 6.92 Å². The molecule has 1 unspecified atom stereocenters. The Morgan fingerprint density at radius 1 is 1.16 bits per heavy atom. The Balaban J connectivity index is 2.06. The molecule has 0 spiro atoms. The van der Waals surface area contributed by atoms with Crippen molar-refractivity contribution in [2.75, 3.05) is 13.2 Å². The number of phenols is 1. The van der Waals surface area contributed by atoms with Gasteiger partial charge >= 0.3 is 0 Å². The molecule has 0 bridgehead atoms. The van der Waals surface area contributed by atoms with Gasteiger partial charge in [-0.05, 0) is 36.2 Å². The second-order valence-corrected chi connectivity index (χ2v) is 4.60. The molecule has 2 aromatic rings. The highest BCUT2D eigenvalue weighted by atomic mass is 16.5. The molecule has 0 aromatic heterocycles. The summed E-state index contributed by atoms with van der Waals surface area (Å²) in [7, 11) is 0. The number of hydrogen-bond donors (Lipinski definition) is 2. The first kappa shape index (κ1) is 13.4. The fourth-order valence-corrected chi connectivity index (χ4v) is 1.99. The smallest absolute Gasteiger partial charge is 0.122 e. The lowest BCUT2D eigenvalue weighted by atomic mass is 10.00. The monoisotopic (exact) mass is 257 g/mol. The van der Waals surface area contributed by atoms with Crippen LogP contribution in [0.5, 0.6) is 11.5 Å². The number of nitrogens with two attached hydrogens (primary N) is 1. The van der Waals surface area contributed by atoms with Crippen LogP contribution in [0.15, 0.2) is 48.5 Å². The number of rotatable bonds is 5. The van der Waals surface area contributed by atoms with Gasteiger partial charge in [0.2, 0.25) is 0 Å². The number of phenolic OH excluding ortho intramolecular Hbond substituents is 1. The van der Waals surface area contributed by atoms with E-state index in [9.17, 15) is 5.11 Å². The van der Waals surface area contributed by atoms with E-state index in [1.807, 2.05) is 43.3 Å². The van der Waals surface area contributed by atoms with Crippen molar-refractivity contribution in [2.24, 2.45) is 5.73 Å². The molecule has 0 saturated carbocycles. The van der Waals surface area contributed by atoms with Crippen LogP contribution in [0.4, 0.5) is 0 Å². The summed E-state index contributed by atoms with van der Waals surface area (Å²) in [4.78, 5) is 0. The molecule has 2 rings (SSSR count). The summed E-state index contributed by atoms with van der Waals surface area (Å²) in [6, 6.07) is 15.1. The van der Waals surface area contributed by atoms with Crippen LogP contribution in [0.2, 0.25) is 0 Å². The topological polar surface area (TPSA) is 55.5 Å². The summed E-state index contributed by atoms with van der Waals surface area (Å²) in [5.74, 6) is 1.21. The maximum Gasteiger partial charge on any atom is 0.122 e. The molecule has 3 heteroatoms. The summed E-state index contributed by atoms with van der Waals surface area (Å²) in [6.45, 7) is 3.00. The van der Waals surface area contributed by atoms with Gasteiger partial charge in [0, 0.05) is 12.5 Å². The lowest BCUT2D eigenvalue weighted by molar-refractivity contribution is 0.288. The summed E-state index contributed by atoms with van der Waals surface area (Å²) in [5, 5.41) is 9.51. The fourth-order valence-electron chi connectivity index (χ4n) is 1.99. The molecule has 0 saturated heterocycles. The first-order chi connectivity index (χ1) is 9.20. The number of para-hydroxylation sites is 1. The maximum absolute atomic E-state index is 9.51. The van der Waals surface area contributed by atoms with E-state index in [1.54, 1.807) is 12.1 Å². The SMILES string of the molecule is Cc1ccccc1OCC(CN)c1cccc(O)c1. The Hall–Kier alpha value is -2.00. The molecule has 1 atom stereocenters. The second kappa shape index (κ2) is 6.25. The largest absolute Gasteiger partial charge is 0.508 e. The van der Waals surface area contributed by atoms with Crippen LogP contribution in [0.3, 0.4) is 0 Å². The van der Waals surface area contributed by atoms with Crippen molar-refractivity contribution in [2.45, 2.75) is 12.8 Å². The highest BCUT2D eigenvalue weighted by molar-refractivity contribution is 5.33. The lowest BCUT2D eigenvalue weighted by Crippen LogP contribution is -2.19. The molecule has 0 amide bonds. The molecule has 3 nitrogen and oxygen atoms in total. The van der Waals surface area contributed by atoms with Crippen LogP contribution in [-0.2, 0) is 0 Å². The lowest BCUT2D eigenvalue weighted by Gasteiger charge is -2.17. The van der Waals surface area contributed by atoms with Crippen molar-refractivity contribution in [1.82, 2.24) is 0 Å². The predicted molar refractivity (Wildman–Crippen MR) is 76.6 cm³/mol. The minimum atomic E-state index is 0.0757. The van der Waals surface area contributed by atoms with Crippen molar-refractivity contribution in [3.8, 4) is 11.5 Å². The maximum atomic E-state index is 9.51. The number of hydrogen-bond acceptors (Lipinski definition) is 3.